The molecule has 3 rings (SSSR count). The highest BCUT2D eigenvalue weighted by molar-refractivity contribution is 5.78. The number of hydrogen-bond donors (Lipinski definition) is 1. The summed E-state index contributed by atoms with van der Waals surface area (Å²) in [4.78, 5) is 1.64. The van der Waals surface area contributed by atoms with Crippen molar-refractivity contribution in [1.82, 2.24) is 0 Å². The number of hydrogen-bond acceptors (Lipinski definition) is 2. The molecule has 0 saturated heterocycles. The first-order valence-electron chi connectivity index (χ1n) is 5.87. The molecular weight excluding hydrogens is 253 g/mol. The highest BCUT2D eigenvalue weighted by atomic mass is 19.1. The lowest BCUT2D eigenvalue weighted by Crippen LogP contribution is -2.16. The third-order valence-electron chi connectivity index (χ3n) is 3.31. The Labute approximate surface area is 108 Å². The Bertz CT molecular complexity index is 655. The van der Waals surface area contributed by atoms with Gasteiger partial charge in [-0.05, 0) is 30.2 Å². The molecule has 0 unspecified atom stereocenters. The molecule has 0 spiro atoms. The highest BCUT2D eigenvalue weighted by Crippen LogP contribution is 2.38. The standard InChI is InChI=1S/C14H11F3N2/c15-9-2-1-8-3-4-19(12(8)6-9)13-7-10(16)5-11(17)14(13)18/h1-2,5-7H,3-4,18H2. The third kappa shape index (κ3) is 1.91. The predicted molar refractivity (Wildman–Crippen MR) is 67.9 cm³/mol. The second-order valence-electron chi connectivity index (χ2n) is 4.50. The van der Waals surface area contributed by atoms with Crippen LogP contribution < -0.4 is 10.6 Å². The zero-order valence-electron chi connectivity index (χ0n) is 9.96. The van der Waals surface area contributed by atoms with Crippen LogP contribution in [-0.4, -0.2) is 6.54 Å². The van der Waals surface area contributed by atoms with E-state index in [4.69, 9.17) is 5.73 Å². The molecule has 0 radical (unpaired) electrons. The number of nitrogens with two attached hydrogens (primary N) is 1. The van der Waals surface area contributed by atoms with E-state index in [0.717, 1.165) is 11.6 Å². The Morgan fingerprint density at radius 3 is 2.47 bits per heavy atom. The fourth-order valence-corrected chi connectivity index (χ4v) is 2.40. The summed E-state index contributed by atoms with van der Waals surface area (Å²) in [6.07, 6.45) is 0.688. The summed E-state index contributed by atoms with van der Waals surface area (Å²) in [5.74, 6) is -1.90. The van der Waals surface area contributed by atoms with Crippen LogP contribution in [0.5, 0.6) is 0 Å². The van der Waals surface area contributed by atoms with Crippen molar-refractivity contribution in [2.75, 3.05) is 17.2 Å². The number of nitrogens with zero attached hydrogens (tertiary/aromatic N) is 1. The minimum absolute atomic E-state index is 0.126. The number of benzene rings is 2. The first-order chi connectivity index (χ1) is 9.06. The van der Waals surface area contributed by atoms with Gasteiger partial charge in [0.1, 0.15) is 11.6 Å². The van der Waals surface area contributed by atoms with Gasteiger partial charge in [-0.1, -0.05) is 6.07 Å². The predicted octanol–water partition coefficient (Wildman–Crippen LogP) is 3.38. The van der Waals surface area contributed by atoms with E-state index >= 15 is 0 Å². The number of nitrogen functional groups attached to an aromatic ring is 1. The van der Waals surface area contributed by atoms with Gasteiger partial charge in [0.05, 0.1) is 11.4 Å². The molecule has 98 valence electrons. The molecule has 0 bridgehead atoms. The summed E-state index contributed by atoms with van der Waals surface area (Å²) >= 11 is 0. The van der Waals surface area contributed by atoms with Crippen molar-refractivity contribution in [3.8, 4) is 0 Å². The maximum atomic E-state index is 13.5. The van der Waals surface area contributed by atoms with Crippen LogP contribution in [0.2, 0.25) is 0 Å². The van der Waals surface area contributed by atoms with Crippen molar-refractivity contribution < 1.29 is 13.2 Å². The van der Waals surface area contributed by atoms with Crippen molar-refractivity contribution in [2.24, 2.45) is 0 Å². The van der Waals surface area contributed by atoms with E-state index in [-0.39, 0.29) is 17.2 Å². The molecule has 2 aromatic rings. The SMILES string of the molecule is Nc1c(F)cc(F)cc1N1CCc2ccc(F)cc21. The third-order valence-corrected chi connectivity index (χ3v) is 3.31. The van der Waals surface area contributed by atoms with E-state index in [9.17, 15) is 13.2 Å². The summed E-state index contributed by atoms with van der Waals surface area (Å²) in [5, 5.41) is 0. The lowest BCUT2D eigenvalue weighted by atomic mass is 10.1. The van der Waals surface area contributed by atoms with Crippen LogP contribution in [0.15, 0.2) is 30.3 Å². The van der Waals surface area contributed by atoms with Gasteiger partial charge in [-0.2, -0.15) is 0 Å². The Morgan fingerprint density at radius 2 is 1.68 bits per heavy atom. The van der Waals surface area contributed by atoms with Crippen LogP contribution >= 0.6 is 0 Å². The summed E-state index contributed by atoms with van der Waals surface area (Å²) < 4.78 is 40.1. The monoisotopic (exact) mass is 264 g/mol. The van der Waals surface area contributed by atoms with Gasteiger partial charge in [-0.25, -0.2) is 13.2 Å². The fourth-order valence-electron chi connectivity index (χ4n) is 2.40. The molecule has 0 amide bonds. The highest BCUT2D eigenvalue weighted by Gasteiger charge is 2.24. The van der Waals surface area contributed by atoms with Gasteiger partial charge in [-0.15, -0.1) is 0 Å². The first kappa shape index (κ1) is 11.9. The zero-order chi connectivity index (χ0) is 13.6. The topological polar surface area (TPSA) is 29.3 Å². The minimum Gasteiger partial charge on any atom is -0.395 e. The van der Waals surface area contributed by atoms with Gasteiger partial charge in [0.25, 0.3) is 0 Å². The van der Waals surface area contributed by atoms with E-state index in [1.54, 1.807) is 11.0 Å². The van der Waals surface area contributed by atoms with Gasteiger partial charge in [0, 0.05) is 18.3 Å². The molecule has 0 saturated carbocycles. The molecule has 5 heteroatoms. The van der Waals surface area contributed by atoms with E-state index < -0.39 is 11.6 Å². The summed E-state index contributed by atoms with van der Waals surface area (Å²) in [6.45, 7) is 0.520. The normalized spacial score (nSPS) is 13.7. The average molecular weight is 264 g/mol. The Hall–Kier alpha value is -2.17. The first-order valence-corrected chi connectivity index (χ1v) is 5.87. The Kier molecular flexibility index (Phi) is 2.62. The molecule has 1 heterocycles. The van der Waals surface area contributed by atoms with Crippen LogP contribution in [0.4, 0.5) is 30.2 Å². The molecule has 0 aliphatic carbocycles. The second kappa shape index (κ2) is 4.19. The number of rotatable bonds is 1. The molecule has 0 fully saturated rings. The van der Waals surface area contributed by atoms with Crippen molar-refractivity contribution in [1.29, 1.82) is 0 Å². The lowest BCUT2D eigenvalue weighted by molar-refractivity contribution is 0.586. The maximum absolute atomic E-state index is 13.5. The van der Waals surface area contributed by atoms with E-state index in [2.05, 4.69) is 0 Å². The number of anilines is 3. The number of fused-ring (bicyclic) bond motifs is 1. The Morgan fingerprint density at radius 1 is 0.947 bits per heavy atom. The Balaban J connectivity index is 2.14. The van der Waals surface area contributed by atoms with Crippen LogP contribution in [0.3, 0.4) is 0 Å². The average Bonchev–Trinajstić information content (AvgIpc) is 2.76. The molecular formula is C14H11F3N2. The van der Waals surface area contributed by atoms with E-state index in [0.29, 0.717) is 18.7 Å². The van der Waals surface area contributed by atoms with Crippen molar-refractivity contribution in [3.05, 3.63) is 53.3 Å². The smallest absolute Gasteiger partial charge is 0.151 e. The van der Waals surface area contributed by atoms with Crippen LogP contribution in [0, 0.1) is 17.5 Å². The molecule has 1 aliphatic heterocycles. The molecule has 2 N–H and O–H groups in total. The largest absolute Gasteiger partial charge is 0.395 e. The molecule has 2 nitrogen and oxygen atoms in total. The quantitative estimate of drug-likeness (QED) is 0.800. The maximum Gasteiger partial charge on any atom is 0.151 e. The van der Waals surface area contributed by atoms with E-state index in [1.165, 1.54) is 18.2 Å². The van der Waals surface area contributed by atoms with Gasteiger partial charge in [0.15, 0.2) is 5.82 Å². The van der Waals surface area contributed by atoms with Gasteiger partial charge in [0.2, 0.25) is 0 Å². The summed E-state index contributed by atoms with van der Waals surface area (Å²) in [7, 11) is 0. The number of halogens is 3. The van der Waals surface area contributed by atoms with Crippen molar-refractivity contribution >= 4 is 17.1 Å². The van der Waals surface area contributed by atoms with Gasteiger partial charge >= 0.3 is 0 Å². The summed E-state index contributed by atoms with van der Waals surface area (Å²) in [6, 6.07) is 6.30. The second-order valence-corrected chi connectivity index (χ2v) is 4.50. The molecule has 2 aromatic carbocycles. The van der Waals surface area contributed by atoms with Crippen molar-refractivity contribution in [2.45, 2.75) is 6.42 Å². The molecule has 19 heavy (non-hydrogen) atoms. The van der Waals surface area contributed by atoms with E-state index in [1.807, 2.05) is 0 Å². The van der Waals surface area contributed by atoms with Gasteiger partial charge < -0.3 is 10.6 Å². The fraction of sp³-hybridized carbons (Fsp3) is 0.143. The van der Waals surface area contributed by atoms with Crippen molar-refractivity contribution in [3.63, 3.8) is 0 Å². The zero-order valence-corrected chi connectivity index (χ0v) is 9.96. The molecule has 0 atom stereocenters. The van der Waals surface area contributed by atoms with Gasteiger partial charge in [-0.3, -0.25) is 0 Å². The van der Waals surface area contributed by atoms with Crippen LogP contribution in [-0.2, 0) is 6.42 Å². The van der Waals surface area contributed by atoms with Crippen LogP contribution in [0.1, 0.15) is 5.56 Å². The molecule has 0 aromatic heterocycles. The lowest BCUT2D eigenvalue weighted by Gasteiger charge is -2.21. The molecule has 1 aliphatic rings. The summed E-state index contributed by atoms with van der Waals surface area (Å²) in [5.41, 5.74) is 7.30. The minimum atomic E-state index is -0.806. The van der Waals surface area contributed by atoms with Crippen LogP contribution in [0.25, 0.3) is 0 Å².